The maximum absolute atomic E-state index is 7.10. The lowest BCUT2D eigenvalue weighted by atomic mass is 10.0. The van der Waals surface area contributed by atoms with Crippen LogP contribution in [0.3, 0.4) is 0 Å². The summed E-state index contributed by atoms with van der Waals surface area (Å²) in [6.45, 7) is 2.25. The van der Waals surface area contributed by atoms with Gasteiger partial charge >= 0.3 is 0 Å². The third-order valence-corrected chi connectivity index (χ3v) is 2.72. The average Bonchev–Trinajstić information content (AvgIpc) is 2.30. The minimum absolute atomic E-state index is 0.990. The van der Waals surface area contributed by atoms with Gasteiger partial charge < -0.3 is 5.41 Å². The van der Waals surface area contributed by atoms with Crippen LogP contribution in [0, 0.1) is 5.41 Å². The predicted molar refractivity (Wildman–Crippen MR) is 66.8 cm³/mol. The molecule has 1 heteroatoms. The van der Waals surface area contributed by atoms with Crippen LogP contribution >= 0.6 is 0 Å². The van der Waals surface area contributed by atoms with E-state index in [0.717, 1.165) is 5.56 Å². The van der Waals surface area contributed by atoms with Gasteiger partial charge in [-0.2, -0.15) is 0 Å². The van der Waals surface area contributed by atoms with Crippen molar-refractivity contribution in [2.75, 3.05) is 0 Å². The number of rotatable bonds is 7. The zero-order valence-corrected chi connectivity index (χ0v) is 9.63. The van der Waals surface area contributed by atoms with E-state index in [9.17, 15) is 0 Å². The van der Waals surface area contributed by atoms with Gasteiger partial charge in [0.15, 0.2) is 0 Å². The molecule has 0 heterocycles. The fourth-order valence-electron chi connectivity index (χ4n) is 1.71. The molecule has 0 aliphatic rings. The van der Waals surface area contributed by atoms with Crippen molar-refractivity contribution in [2.24, 2.45) is 0 Å². The first-order valence-electron chi connectivity index (χ1n) is 5.96. The lowest BCUT2D eigenvalue weighted by molar-refractivity contribution is 0.632. The molecule has 1 aromatic rings. The zero-order chi connectivity index (χ0) is 10.9. The van der Waals surface area contributed by atoms with Gasteiger partial charge in [-0.1, -0.05) is 56.9 Å². The van der Waals surface area contributed by atoms with Gasteiger partial charge in [0, 0.05) is 6.21 Å². The van der Waals surface area contributed by atoms with Gasteiger partial charge in [0.05, 0.1) is 0 Å². The van der Waals surface area contributed by atoms with Gasteiger partial charge in [0.2, 0.25) is 0 Å². The van der Waals surface area contributed by atoms with Crippen molar-refractivity contribution in [3.63, 3.8) is 0 Å². The van der Waals surface area contributed by atoms with Crippen molar-refractivity contribution in [3.05, 3.63) is 35.4 Å². The molecular formula is C14H21N. The molecule has 0 radical (unpaired) electrons. The molecule has 0 spiro atoms. The van der Waals surface area contributed by atoms with Gasteiger partial charge in [-0.05, 0) is 24.0 Å². The standard InChI is InChI=1S/C14H21N/c1-2-3-4-5-6-7-13-8-10-14(12-15)11-9-13/h8-12,15H,2-7H2,1H3. The summed E-state index contributed by atoms with van der Waals surface area (Å²) in [4.78, 5) is 0. The third-order valence-electron chi connectivity index (χ3n) is 2.72. The average molecular weight is 203 g/mol. The van der Waals surface area contributed by atoms with E-state index in [0.29, 0.717) is 0 Å². The molecule has 0 saturated carbocycles. The minimum Gasteiger partial charge on any atom is -0.308 e. The van der Waals surface area contributed by atoms with Crippen LogP contribution in [-0.4, -0.2) is 6.21 Å². The summed E-state index contributed by atoms with van der Waals surface area (Å²) in [7, 11) is 0. The van der Waals surface area contributed by atoms with Crippen LogP contribution in [0.1, 0.15) is 50.2 Å². The summed E-state index contributed by atoms with van der Waals surface area (Å²) in [5.41, 5.74) is 2.39. The first-order chi connectivity index (χ1) is 7.36. The van der Waals surface area contributed by atoms with Crippen LogP contribution in [0.4, 0.5) is 0 Å². The predicted octanol–water partition coefficient (Wildman–Crippen LogP) is 4.20. The molecule has 1 nitrogen and oxygen atoms in total. The Balaban J connectivity index is 2.22. The van der Waals surface area contributed by atoms with Gasteiger partial charge in [-0.3, -0.25) is 0 Å². The first-order valence-corrected chi connectivity index (χ1v) is 5.96. The molecule has 1 aromatic carbocycles. The van der Waals surface area contributed by atoms with E-state index >= 15 is 0 Å². The lowest BCUT2D eigenvalue weighted by Gasteiger charge is -2.01. The maximum atomic E-state index is 7.10. The second-order valence-electron chi connectivity index (χ2n) is 4.05. The Morgan fingerprint density at radius 1 is 1.00 bits per heavy atom. The van der Waals surface area contributed by atoms with Crippen LogP contribution in [0.2, 0.25) is 0 Å². The van der Waals surface area contributed by atoms with E-state index in [2.05, 4.69) is 19.1 Å². The van der Waals surface area contributed by atoms with Crippen molar-refractivity contribution in [3.8, 4) is 0 Å². The van der Waals surface area contributed by atoms with Gasteiger partial charge in [-0.25, -0.2) is 0 Å². The van der Waals surface area contributed by atoms with E-state index in [4.69, 9.17) is 5.41 Å². The summed E-state index contributed by atoms with van der Waals surface area (Å²) < 4.78 is 0. The molecular weight excluding hydrogens is 182 g/mol. The molecule has 0 saturated heterocycles. The van der Waals surface area contributed by atoms with Crippen LogP contribution in [-0.2, 0) is 6.42 Å². The molecule has 0 amide bonds. The van der Waals surface area contributed by atoms with Gasteiger partial charge in [-0.15, -0.1) is 0 Å². The number of hydrogen-bond donors (Lipinski definition) is 1. The highest BCUT2D eigenvalue weighted by molar-refractivity contribution is 5.76. The SMILES string of the molecule is CCCCCCCc1ccc(C=N)cc1. The van der Waals surface area contributed by atoms with Gasteiger partial charge in [0.1, 0.15) is 0 Å². The third kappa shape index (κ3) is 4.78. The highest BCUT2D eigenvalue weighted by Crippen LogP contribution is 2.09. The fraction of sp³-hybridized carbons (Fsp3) is 0.500. The Labute approximate surface area is 93.0 Å². The molecule has 82 valence electrons. The maximum Gasteiger partial charge on any atom is 0.0250 e. The Kier molecular flexibility index (Phi) is 5.76. The van der Waals surface area contributed by atoms with Crippen molar-refractivity contribution < 1.29 is 0 Å². The zero-order valence-electron chi connectivity index (χ0n) is 9.63. The normalized spacial score (nSPS) is 10.2. The van der Waals surface area contributed by atoms with Crippen molar-refractivity contribution in [1.82, 2.24) is 0 Å². The highest BCUT2D eigenvalue weighted by Gasteiger charge is 1.94. The van der Waals surface area contributed by atoms with Crippen LogP contribution < -0.4 is 0 Å². The topological polar surface area (TPSA) is 23.9 Å². The molecule has 0 unspecified atom stereocenters. The van der Waals surface area contributed by atoms with E-state index < -0.39 is 0 Å². The molecule has 0 aromatic heterocycles. The molecule has 0 aliphatic heterocycles. The summed E-state index contributed by atoms with van der Waals surface area (Å²) in [5, 5.41) is 7.10. The molecule has 0 fully saturated rings. The molecule has 1 N–H and O–H groups in total. The monoisotopic (exact) mass is 203 g/mol. The van der Waals surface area contributed by atoms with Crippen LogP contribution in [0.25, 0.3) is 0 Å². The second kappa shape index (κ2) is 7.22. The summed E-state index contributed by atoms with van der Waals surface area (Å²) >= 11 is 0. The first kappa shape index (κ1) is 12.0. The minimum atomic E-state index is 0.990. The Morgan fingerprint density at radius 3 is 2.27 bits per heavy atom. The van der Waals surface area contributed by atoms with Gasteiger partial charge in [0.25, 0.3) is 0 Å². The van der Waals surface area contributed by atoms with E-state index in [1.807, 2.05) is 12.1 Å². The van der Waals surface area contributed by atoms with Crippen molar-refractivity contribution in [1.29, 1.82) is 5.41 Å². The smallest absolute Gasteiger partial charge is 0.0250 e. The number of hydrogen-bond acceptors (Lipinski definition) is 1. The summed E-state index contributed by atoms with van der Waals surface area (Å²) in [5.74, 6) is 0. The Bertz CT molecular complexity index is 274. The molecule has 0 bridgehead atoms. The highest BCUT2D eigenvalue weighted by atomic mass is 14.3. The molecule has 1 rings (SSSR count). The fourth-order valence-corrected chi connectivity index (χ4v) is 1.71. The van der Waals surface area contributed by atoms with Crippen LogP contribution in [0.15, 0.2) is 24.3 Å². The number of nitrogens with one attached hydrogen (secondary N) is 1. The van der Waals surface area contributed by atoms with Crippen molar-refractivity contribution in [2.45, 2.75) is 45.4 Å². The molecule has 0 aliphatic carbocycles. The van der Waals surface area contributed by atoms with Crippen LogP contribution in [0.5, 0.6) is 0 Å². The molecule has 0 atom stereocenters. The lowest BCUT2D eigenvalue weighted by Crippen LogP contribution is -1.87. The summed E-state index contributed by atoms with van der Waals surface area (Å²) in [6, 6.07) is 8.32. The number of benzene rings is 1. The van der Waals surface area contributed by atoms with E-state index in [-0.39, 0.29) is 0 Å². The largest absolute Gasteiger partial charge is 0.308 e. The second-order valence-corrected chi connectivity index (χ2v) is 4.05. The van der Waals surface area contributed by atoms with Crippen molar-refractivity contribution >= 4 is 6.21 Å². The number of unbranched alkanes of at least 4 members (excludes halogenated alkanes) is 4. The Hall–Kier alpha value is -1.11. The number of aryl methyl sites for hydroxylation is 1. The van der Waals surface area contributed by atoms with E-state index in [1.54, 1.807) is 0 Å². The van der Waals surface area contributed by atoms with E-state index in [1.165, 1.54) is 50.3 Å². The quantitative estimate of drug-likeness (QED) is 0.507. The summed E-state index contributed by atoms with van der Waals surface area (Å²) in [6.07, 6.45) is 9.27. The Morgan fingerprint density at radius 2 is 1.67 bits per heavy atom. The molecule has 15 heavy (non-hydrogen) atoms.